The number of fused-ring (bicyclic) bond motifs is 1. The second-order valence-electron chi connectivity index (χ2n) is 7.44. The third-order valence-corrected chi connectivity index (χ3v) is 5.88. The van der Waals surface area contributed by atoms with E-state index in [0.717, 1.165) is 64.2 Å². The number of urea groups is 1. The highest BCUT2D eigenvalue weighted by atomic mass is 19.1. The number of carbonyl (C=O) groups excluding carboxylic acids is 2. The fraction of sp³-hybridized carbons (Fsp3) is 0.579. The number of nitrogens with one attached hydrogen (secondary N) is 1. The highest BCUT2D eigenvalue weighted by Gasteiger charge is 2.45. The molecule has 3 saturated heterocycles. The molecule has 1 aromatic carbocycles. The van der Waals surface area contributed by atoms with Crippen LogP contribution in [0.4, 0.5) is 14.9 Å². The summed E-state index contributed by atoms with van der Waals surface area (Å²) in [5.74, 6) is -0.215. The highest BCUT2D eigenvalue weighted by Crippen LogP contribution is 2.26. The van der Waals surface area contributed by atoms with E-state index in [0.29, 0.717) is 6.54 Å². The maximum atomic E-state index is 13.1. The van der Waals surface area contributed by atoms with Crippen LogP contribution in [0.15, 0.2) is 24.3 Å². The van der Waals surface area contributed by atoms with Crippen molar-refractivity contribution in [1.29, 1.82) is 0 Å². The largest absolute Gasteiger partial charge is 0.360 e. The van der Waals surface area contributed by atoms with Crippen LogP contribution in [0.3, 0.4) is 0 Å². The fourth-order valence-electron chi connectivity index (χ4n) is 4.31. The van der Waals surface area contributed by atoms with Crippen molar-refractivity contribution >= 4 is 17.6 Å². The molecule has 3 aliphatic rings. The molecule has 0 spiro atoms. The van der Waals surface area contributed by atoms with Crippen LogP contribution < -0.4 is 9.80 Å². The molecule has 1 atom stereocenters. The SMILES string of the molecule is O=C1[C@H]2CCCCN2C(=O)N1CC[NH+]1CCN(c2ccc(F)cc2)CC1. The van der Waals surface area contributed by atoms with E-state index in [2.05, 4.69) is 4.90 Å². The number of rotatable bonds is 4. The number of anilines is 1. The van der Waals surface area contributed by atoms with Gasteiger partial charge < -0.3 is 14.7 Å². The minimum Gasteiger partial charge on any atom is -0.360 e. The third kappa shape index (κ3) is 3.28. The fourth-order valence-corrected chi connectivity index (χ4v) is 4.31. The van der Waals surface area contributed by atoms with E-state index < -0.39 is 0 Å². The molecule has 3 heterocycles. The molecule has 4 rings (SSSR count). The van der Waals surface area contributed by atoms with Crippen molar-refractivity contribution in [1.82, 2.24) is 9.80 Å². The number of hydrogen-bond donors (Lipinski definition) is 1. The van der Waals surface area contributed by atoms with Crippen LogP contribution in [-0.4, -0.2) is 73.6 Å². The van der Waals surface area contributed by atoms with E-state index in [9.17, 15) is 14.0 Å². The summed E-state index contributed by atoms with van der Waals surface area (Å²) in [7, 11) is 0. The van der Waals surface area contributed by atoms with Gasteiger partial charge in [-0.05, 0) is 43.5 Å². The monoisotopic (exact) mass is 361 g/mol. The molecule has 3 amide bonds. The topological polar surface area (TPSA) is 48.3 Å². The number of piperidine rings is 1. The van der Waals surface area contributed by atoms with Gasteiger partial charge in [0, 0.05) is 12.2 Å². The second-order valence-corrected chi connectivity index (χ2v) is 7.44. The second kappa shape index (κ2) is 7.23. The van der Waals surface area contributed by atoms with Crippen molar-refractivity contribution in [2.45, 2.75) is 25.3 Å². The predicted octanol–water partition coefficient (Wildman–Crippen LogP) is 0.347. The zero-order valence-corrected chi connectivity index (χ0v) is 15.0. The average Bonchev–Trinajstić information content (AvgIpc) is 2.92. The first-order valence-corrected chi connectivity index (χ1v) is 9.59. The number of quaternary nitrogens is 1. The lowest BCUT2D eigenvalue weighted by molar-refractivity contribution is -0.899. The van der Waals surface area contributed by atoms with Gasteiger partial charge in [0.25, 0.3) is 5.91 Å². The van der Waals surface area contributed by atoms with Gasteiger partial charge in [0.05, 0.1) is 39.3 Å². The minimum atomic E-state index is -0.214. The quantitative estimate of drug-likeness (QED) is 0.788. The number of nitrogens with zero attached hydrogens (tertiary/aromatic N) is 3. The zero-order valence-electron chi connectivity index (χ0n) is 15.0. The van der Waals surface area contributed by atoms with Crippen LogP contribution in [-0.2, 0) is 4.79 Å². The van der Waals surface area contributed by atoms with Gasteiger partial charge in [0.15, 0.2) is 0 Å². The maximum Gasteiger partial charge on any atom is 0.327 e. The molecule has 6 nitrogen and oxygen atoms in total. The Labute approximate surface area is 153 Å². The van der Waals surface area contributed by atoms with E-state index in [1.807, 2.05) is 12.1 Å². The lowest BCUT2D eigenvalue weighted by Gasteiger charge is -2.34. The first-order valence-electron chi connectivity index (χ1n) is 9.59. The van der Waals surface area contributed by atoms with Gasteiger partial charge in [-0.3, -0.25) is 9.69 Å². The highest BCUT2D eigenvalue weighted by molar-refractivity contribution is 6.04. The molecule has 0 unspecified atom stereocenters. The molecule has 0 aromatic heterocycles. The van der Waals surface area contributed by atoms with Gasteiger partial charge >= 0.3 is 6.03 Å². The van der Waals surface area contributed by atoms with Crippen molar-refractivity contribution in [2.24, 2.45) is 0 Å². The van der Waals surface area contributed by atoms with Crippen molar-refractivity contribution in [3.63, 3.8) is 0 Å². The van der Waals surface area contributed by atoms with Crippen molar-refractivity contribution in [3.05, 3.63) is 30.1 Å². The van der Waals surface area contributed by atoms with Crippen molar-refractivity contribution < 1.29 is 18.9 Å². The van der Waals surface area contributed by atoms with E-state index in [-0.39, 0.29) is 23.8 Å². The molecule has 0 saturated carbocycles. The van der Waals surface area contributed by atoms with E-state index in [1.165, 1.54) is 21.9 Å². The van der Waals surface area contributed by atoms with Crippen LogP contribution >= 0.6 is 0 Å². The number of carbonyl (C=O) groups is 2. The normalized spacial score (nSPS) is 24.3. The van der Waals surface area contributed by atoms with Crippen LogP contribution in [0.25, 0.3) is 0 Å². The summed E-state index contributed by atoms with van der Waals surface area (Å²) in [4.78, 5) is 31.9. The standard InChI is InChI=1S/C19H25FN4O2/c20-15-4-6-16(7-5-15)22-12-9-21(10-13-22)11-14-24-18(25)17-3-1-2-8-23(17)19(24)26/h4-7,17H,1-3,8-14H2/p+1/t17-/m1/s1. The number of amides is 3. The Kier molecular flexibility index (Phi) is 4.80. The number of benzene rings is 1. The zero-order chi connectivity index (χ0) is 18.1. The molecule has 7 heteroatoms. The Morgan fingerprint density at radius 1 is 1.04 bits per heavy atom. The number of piperazine rings is 1. The van der Waals surface area contributed by atoms with Crippen LogP contribution in [0.2, 0.25) is 0 Å². The number of halogens is 1. The van der Waals surface area contributed by atoms with Gasteiger partial charge in [0.2, 0.25) is 0 Å². The van der Waals surface area contributed by atoms with Gasteiger partial charge in [-0.2, -0.15) is 0 Å². The first-order chi connectivity index (χ1) is 12.6. The van der Waals surface area contributed by atoms with Crippen LogP contribution in [0.5, 0.6) is 0 Å². The van der Waals surface area contributed by atoms with Crippen molar-refractivity contribution in [2.75, 3.05) is 50.7 Å². The molecule has 0 bridgehead atoms. The molecular formula is C19H26FN4O2+. The maximum absolute atomic E-state index is 13.1. The smallest absolute Gasteiger partial charge is 0.327 e. The summed E-state index contributed by atoms with van der Waals surface area (Å²) >= 11 is 0. The summed E-state index contributed by atoms with van der Waals surface area (Å²) in [5, 5.41) is 0. The van der Waals surface area contributed by atoms with Crippen molar-refractivity contribution in [3.8, 4) is 0 Å². The van der Waals surface area contributed by atoms with Gasteiger partial charge in [-0.1, -0.05) is 0 Å². The third-order valence-electron chi connectivity index (χ3n) is 5.88. The Morgan fingerprint density at radius 3 is 2.46 bits per heavy atom. The summed E-state index contributed by atoms with van der Waals surface area (Å²) in [6, 6.07) is 6.32. The summed E-state index contributed by atoms with van der Waals surface area (Å²) in [6.07, 6.45) is 2.84. The molecule has 3 fully saturated rings. The predicted molar refractivity (Wildman–Crippen MR) is 95.6 cm³/mol. The Balaban J connectivity index is 1.28. The van der Waals surface area contributed by atoms with E-state index in [1.54, 1.807) is 4.90 Å². The Morgan fingerprint density at radius 2 is 1.77 bits per heavy atom. The molecular weight excluding hydrogens is 335 g/mol. The lowest BCUT2D eigenvalue weighted by Crippen LogP contribution is -3.15. The number of hydrogen-bond acceptors (Lipinski definition) is 3. The van der Waals surface area contributed by atoms with E-state index in [4.69, 9.17) is 0 Å². The summed E-state index contributed by atoms with van der Waals surface area (Å²) < 4.78 is 13.1. The Hall–Kier alpha value is -2.15. The van der Waals surface area contributed by atoms with Crippen LogP contribution in [0.1, 0.15) is 19.3 Å². The summed E-state index contributed by atoms with van der Waals surface area (Å²) in [6.45, 7) is 5.75. The lowest BCUT2D eigenvalue weighted by atomic mass is 10.0. The molecule has 140 valence electrons. The van der Waals surface area contributed by atoms with Gasteiger partial charge in [-0.25, -0.2) is 9.18 Å². The molecule has 1 N–H and O–H groups in total. The number of imide groups is 1. The average molecular weight is 361 g/mol. The molecule has 0 aliphatic carbocycles. The Bertz CT molecular complexity index is 649. The molecule has 0 radical (unpaired) electrons. The van der Waals surface area contributed by atoms with Crippen LogP contribution in [0, 0.1) is 5.82 Å². The first kappa shape index (κ1) is 17.3. The summed E-state index contributed by atoms with van der Waals surface area (Å²) in [5.41, 5.74) is 1.05. The van der Waals surface area contributed by atoms with E-state index >= 15 is 0 Å². The van der Waals surface area contributed by atoms with Gasteiger partial charge in [-0.15, -0.1) is 0 Å². The molecule has 26 heavy (non-hydrogen) atoms. The van der Waals surface area contributed by atoms with Gasteiger partial charge in [0.1, 0.15) is 11.9 Å². The molecule has 1 aromatic rings. The molecule has 3 aliphatic heterocycles. The minimum absolute atomic E-state index is 0.000881.